The molecule has 1 aromatic rings. The van der Waals surface area contributed by atoms with Crippen LogP contribution in [0.3, 0.4) is 0 Å². The van der Waals surface area contributed by atoms with E-state index in [9.17, 15) is 9.59 Å². The van der Waals surface area contributed by atoms with Gasteiger partial charge in [0.2, 0.25) is 5.91 Å². The van der Waals surface area contributed by atoms with Gasteiger partial charge in [-0.2, -0.15) is 0 Å². The predicted molar refractivity (Wildman–Crippen MR) is 151 cm³/mol. The van der Waals surface area contributed by atoms with Crippen molar-refractivity contribution in [2.75, 3.05) is 73.4 Å². The fourth-order valence-corrected chi connectivity index (χ4v) is 5.49. The lowest BCUT2D eigenvalue weighted by atomic mass is 9.92. The molecule has 220 valence electrons. The fourth-order valence-electron chi connectivity index (χ4n) is 5.49. The third-order valence-corrected chi connectivity index (χ3v) is 7.95. The van der Waals surface area contributed by atoms with E-state index >= 15 is 0 Å². The standard InChI is InChI=1S/C30H49N3O6/c1-6-32(29(34)16-23-10-14-38-15-11-23)20-25-18-31-19-26(25)21-33(22(2)3)30(35)24-8-9-27(37-5)28(17-24)39-13-7-12-36-4/h8-9,17,22-23,25-26,31H,6-7,10-16,18-21H2,1-5H3/t25-,26-/m0/s1. The zero-order valence-electron chi connectivity index (χ0n) is 24.6. The molecule has 2 saturated heterocycles. The van der Waals surface area contributed by atoms with Crippen LogP contribution in [0.1, 0.15) is 56.8 Å². The van der Waals surface area contributed by atoms with Gasteiger partial charge in [0.25, 0.3) is 5.91 Å². The normalized spacial score (nSPS) is 19.7. The summed E-state index contributed by atoms with van der Waals surface area (Å²) in [7, 11) is 3.26. The summed E-state index contributed by atoms with van der Waals surface area (Å²) in [4.78, 5) is 30.8. The van der Waals surface area contributed by atoms with Gasteiger partial charge in [-0.15, -0.1) is 0 Å². The van der Waals surface area contributed by atoms with Crippen LogP contribution in [-0.2, 0) is 14.3 Å². The number of nitrogens with one attached hydrogen (secondary N) is 1. The number of ether oxygens (including phenoxy) is 4. The Balaban J connectivity index is 1.65. The molecule has 0 bridgehead atoms. The van der Waals surface area contributed by atoms with E-state index in [2.05, 4.69) is 26.1 Å². The van der Waals surface area contributed by atoms with Crippen molar-refractivity contribution in [1.82, 2.24) is 15.1 Å². The quantitative estimate of drug-likeness (QED) is 0.337. The number of hydrogen-bond donors (Lipinski definition) is 1. The molecule has 2 aliphatic heterocycles. The number of rotatable bonds is 15. The average Bonchev–Trinajstić information content (AvgIpc) is 3.39. The van der Waals surface area contributed by atoms with Gasteiger partial charge in [0.15, 0.2) is 11.5 Å². The molecule has 2 fully saturated rings. The maximum absolute atomic E-state index is 13.7. The zero-order valence-corrected chi connectivity index (χ0v) is 24.6. The highest BCUT2D eigenvalue weighted by molar-refractivity contribution is 5.95. The van der Waals surface area contributed by atoms with Gasteiger partial charge < -0.3 is 34.1 Å². The lowest BCUT2D eigenvalue weighted by molar-refractivity contribution is -0.133. The van der Waals surface area contributed by atoms with E-state index in [1.165, 1.54) is 0 Å². The molecule has 0 unspecified atom stereocenters. The third-order valence-electron chi connectivity index (χ3n) is 7.95. The van der Waals surface area contributed by atoms with Crippen molar-refractivity contribution in [3.63, 3.8) is 0 Å². The second-order valence-corrected chi connectivity index (χ2v) is 11.0. The van der Waals surface area contributed by atoms with E-state index in [-0.39, 0.29) is 23.8 Å². The molecule has 2 heterocycles. The summed E-state index contributed by atoms with van der Waals surface area (Å²) in [6.45, 7) is 12.5. The molecular formula is C30H49N3O6. The van der Waals surface area contributed by atoms with Crippen LogP contribution in [0.4, 0.5) is 0 Å². The number of amides is 2. The molecule has 0 saturated carbocycles. The molecular weight excluding hydrogens is 498 g/mol. The van der Waals surface area contributed by atoms with Crippen LogP contribution in [0.5, 0.6) is 11.5 Å². The van der Waals surface area contributed by atoms with Gasteiger partial charge in [-0.3, -0.25) is 9.59 Å². The SMILES string of the molecule is CCN(C[C@@H]1CNC[C@H]1CN(C(=O)c1ccc(OC)c(OCCCOC)c1)C(C)C)C(=O)CC1CCOCC1. The number of carbonyl (C=O) groups is 2. The molecule has 2 amide bonds. The van der Waals surface area contributed by atoms with Crippen molar-refractivity contribution in [3.8, 4) is 11.5 Å². The van der Waals surface area contributed by atoms with Crippen LogP contribution >= 0.6 is 0 Å². The highest BCUT2D eigenvalue weighted by atomic mass is 16.5. The molecule has 39 heavy (non-hydrogen) atoms. The largest absolute Gasteiger partial charge is 0.493 e. The van der Waals surface area contributed by atoms with E-state index in [0.29, 0.717) is 61.6 Å². The Morgan fingerprint density at radius 1 is 1.05 bits per heavy atom. The maximum Gasteiger partial charge on any atom is 0.254 e. The number of hydrogen-bond acceptors (Lipinski definition) is 7. The van der Waals surface area contributed by atoms with Crippen LogP contribution in [0.25, 0.3) is 0 Å². The molecule has 0 aliphatic carbocycles. The Morgan fingerprint density at radius 2 is 1.77 bits per heavy atom. The molecule has 0 aromatic heterocycles. The minimum Gasteiger partial charge on any atom is -0.493 e. The first kappa shape index (κ1) is 31.2. The van der Waals surface area contributed by atoms with Gasteiger partial charge in [-0.25, -0.2) is 0 Å². The van der Waals surface area contributed by atoms with Gasteiger partial charge in [0.1, 0.15) is 0 Å². The summed E-state index contributed by atoms with van der Waals surface area (Å²) in [5.74, 6) is 2.36. The van der Waals surface area contributed by atoms with E-state index < -0.39 is 0 Å². The Hall–Kier alpha value is -2.36. The maximum atomic E-state index is 13.7. The minimum absolute atomic E-state index is 0.0250. The van der Waals surface area contributed by atoms with Gasteiger partial charge in [-0.05, 0) is 69.6 Å². The lowest BCUT2D eigenvalue weighted by Gasteiger charge is -2.34. The zero-order chi connectivity index (χ0) is 28.2. The Morgan fingerprint density at radius 3 is 2.41 bits per heavy atom. The summed E-state index contributed by atoms with van der Waals surface area (Å²) >= 11 is 0. The second-order valence-electron chi connectivity index (χ2n) is 11.0. The van der Waals surface area contributed by atoms with E-state index in [1.807, 2.05) is 9.80 Å². The highest BCUT2D eigenvalue weighted by Gasteiger charge is 2.34. The highest BCUT2D eigenvalue weighted by Crippen LogP contribution is 2.30. The van der Waals surface area contributed by atoms with Crippen molar-refractivity contribution in [1.29, 1.82) is 0 Å². The first-order chi connectivity index (χ1) is 18.9. The molecule has 3 rings (SSSR count). The van der Waals surface area contributed by atoms with Crippen molar-refractivity contribution in [3.05, 3.63) is 23.8 Å². The number of benzene rings is 1. The van der Waals surface area contributed by atoms with Crippen molar-refractivity contribution in [2.45, 2.75) is 52.5 Å². The molecule has 9 heteroatoms. The second kappa shape index (κ2) is 16.0. The predicted octanol–water partition coefficient (Wildman–Crippen LogP) is 3.46. The first-order valence-electron chi connectivity index (χ1n) is 14.5. The third kappa shape index (κ3) is 9.08. The number of methoxy groups -OCH3 is 2. The summed E-state index contributed by atoms with van der Waals surface area (Å²) in [6, 6.07) is 5.41. The molecule has 1 aromatic carbocycles. The minimum atomic E-state index is -0.0250. The smallest absolute Gasteiger partial charge is 0.254 e. The molecule has 1 N–H and O–H groups in total. The van der Waals surface area contributed by atoms with Crippen molar-refractivity contribution < 1.29 is 28.5 Å². The van der Waals surface area contributed by atoms with E-state index in [4.69, 9.17) is 18.9 Å². The van der Waals surface area contributed by atoms with Crippen LogP contribution in [0.2, 0.25) is 0 Å². The number of nitrogens with zero attached hydrogens (tertiary/aromatic N) is 2. The molecule has 9 nitrogen and oxygen atoms in total. The van der Waals surface area contributed by atoms with Crippen LogP contribution in [0, 0.1) is 17.8 Å². The monoisotopic (exact) mass is 547 g/mol. The van der Waals surface area contributed by atoms with Crippen LogP contribution in [0.15, 0.2) is 18.2 Å². The summed E-state index contributed by atoms with van der Waals surface area (Å²) in [5, 5.41) is 3.51. The lowest BCUT2D eigenvalue weighted by Crippen LogP contribution is -2.44. The Kier molecular flexibility index (Phi) is 12.8. The van der Waals surface area contributed by atoms with Gasteiger partial charge in [-0.1, -0.05) is 0 Å². The topological polar surface area (TPSA) is 89.6 Å². The van der Waals surface area contributed by atoms with Crippen molar-refractivity contribution >= 4 is 11.8 Å². The summed E-state index contributed by atoms with van der Waals surface area (Å²) in [6.07, 6.45) is 3.28. The summed E-state index contributed by atoms with van der Waals surface area (Å²) in [5.41, 5.74) is 0.579. The fraction of sp³-hybridized carbons (Fsp3) is 0.733. The molecule has 2 aliphatic rings. The molecule has 2 atom stereocenters. The Bertz CT molecular complexity index is 905. The van der Waals surface area contributed by atoms with Gasteiger partial charge in [0, 0.05) is 84.1 Å². The van der Waals surface area contributed by atoms with Crippen LogP contribution < -0.4 is 14.8 Å². The number of carbonyl (C=O) groups excluding carboxylic acids is 2. The molecule has 0 radical (unpaired) electrons. The Labute approximate surface area is 234 Å². The van der Waals surface area contributed by atoms with E-state index in [0.717, 1.165) is 52.1 Å². The first-order valence-corrected chi connectivity index (χ1v) is 14.5. The summed E-state index contributed by atoms with van der Waals surface area (Å²) < 4.78 is 21.9. The van der Waals surface area contributed by atoms with Crippen LogP contribution in [-0.4, -0.2) is 101 Å². The van der Waals surface area contributed by atoms with Gasteiger partial charge >= 0.3 is 0 Å². The van der Waals surface area contributed by atoms with Crippen molar-refractivity contribution in [2.24, 2.45) is 17.8 Å². The van der Waals surface area contributed by atoms with E-state index in [1.54, 1.807) is 32.4 Å². The average molecular weight is 548 g/mol. The van der Waals surface area contributed by atoms with Gasteiger partial charge in [0.05, 0.1) is 13.7 Å². The molecule has 0 spiro atoms.